The van der Waals surface area contributed by atoms with Crippen molar-refractivity contribution < 1.29 is 18.3 Å². The first kappa shape index (κ1) is 13.2. The van der Waals surface area contributed by atoms with Gasteiger partial charge in [0.25, 0.3) is 0 Å². The lowest BCUT2D eigenvalue weighted by Crippen LogP contribution is -2.36. The van der Waals surface area contributed by atoms with Gasteiger partial charge in [-0.3, -0.25) is 4.79 Å². The van der Waals surface area contributed by atoms with E-state index in [9.17, 15) is 13.2 Å². The molecule has 0 aliphatic carbocycles. The van der Waals surface area contributed by atoms with Gasteiger partial charge >= 0.3 is 5.97 Å². The summed E-state index contributed by atoms with van der Waals surface area (Å²) in [6.07, 6.45) is 2.75. The molecule has 5 nitrogen and oxygen atoms in total. The zero-order valence-corrected chi connectivity index (χ0v) is 10.2. The van der Waals surface area contributed by atoms with Crippen molar-refractivity contribution in [2.24, 2.45) is 0 Å². The van der Waals surface area contributed by atoms with E-state index in [0.717, 1.165) is 6.42 Å². The Morgan fingerprint density at radius 1 is 1.56 bits per heavy atom. The number of sulfonamides is 1. The predicted octanol–water partition coefficient (Wildman–Crippen LogP) is 0.833. The highest BCUT2D eigenvalue weighted by atomic mass is 32.2. The summed E-state index contributed by atoms with van der Waals surface area (Å²) in [4.78, 5) is 10.3. The molecule has 6 heteroatoms. The van der Waals surface area contributed by atoms with Crippen LogP contribution in [0.3, 0.4) is 0 Å². The van der Waals surface area contributed by atoms with Gasteiger partial charge in [0.05, 0.1) is 5.75 Å². The van der Waals surface area contributed by atoms with E-state index in [1.807, 2.05) is 13.0 Å². The first-order valence-corrected chi connectivity index (χ1v) is 6.88. The number of hydrogen-bond donors (Lipinski definition) is 1. The molecule has 0 unspecified atom stereocenters. The molecule has 16 heavy (non-hydrogen) atoms. The second-order valence-corrected chi connectivity index (χ2v) is 6.06. The smallest absolute Gasteiger partial charge is 0.303 e. The zero-order chi connectivity index (χ0) is 12.2. The van der Waals surface area contributed by atoms with Gasteiger partial charge in [-0.05, 0) is 19.8 Å². The van der Waals surface area contributed by atoms with Crippen LogP contribution in [0.1, 0.15) is 26.2 Å². The number of rotatable bonds is 5. The van der Waals surface area contributed by atoms with E-state index in [1.54, 1.807) is 0 Å². The second kappa shape index (κ2) is 5.45. The number of nitrogens with zero attached hydrogens (tertiary/aromatic N) is 1. The molecule has 1 aliphatic heterocycles. The van der Waals surface area contributed by atoms with E-state index < -0.39 is 16.0 Å². The van der Waals surface area contributed by atoms with Crippen LogP contribution in [-0.2, 0) is 14.8 Å². The highest BCUT2D eigenvalue weighted by Crippen LogP contribution is 2.14. The van der Waals surface area contributed by atoms with Crippen LogP contribution in [0.4, 0.5) is 0 Å². The van der Waals surface area contributed by atoms with Gasteiger partial charge in [-0.1, -0.05) is 11.6 Å². The molecule has 0 aromatic rings. The average molecular weight is 247 g/mol. The van der Waals surface area contributed by atoms with Gasteiger partial charge in [-0.25, -0.2) is 8.42 Å². The van der Waals surface area contributed by atoms with Crippen LogP contribution < -0.4 is 0 Å². The molecule has 0 aromatic carbocycles. The number of carboxylic acids is 1. The Balaban J connectivity index is 2.48. The van der Waals surface area contributed by atoms with Gasteiger partial charge in [0.2, 0.25) is 10.0 Å². The average Bonchev–Trinajstić information content (AvgIpc) is 2.17. The maximum absolute atomic E-state index is 11.8. The van der Waals surface area contributed by atoms with Crippen LogP contribution in [0, 0.1) is 0 Å². The van der Waals surface area contributed by atoms with Crippen molar-refractivity contribution >= 4 is 16.0 Å². The minimum atomic E-state index is -3.28. The fourth-order valence-electron chi connectivity index (χ4n) is 1.54. The summed E-state index contributed by atoms with van der Waals surface area (Å²) >= 11 is 0. The zero-order valence-electron chi connectivity index (χ0n) is 9.35. The predicted molar refractivity (Wildman–Crippen MR) is 60.6 cm³/mol. The van der Waals surface area contributed by atoms with Crippen LogP contribution in [-0.4, -0.2) is 42.6 Å². The standard InChI is InChI=1S/C10H17NO4S/c1-9-4-6-11(7-5-9)16(14,15)8-2-3-10(12)13/h4H,2-3,5-8H2,1H3,(H,12,13). The minimum Gasteiger partial charge on any atom is -0.481 e. The van der Waals surface area contributed by atoms with Gasteiger partial charge in [0.1, 0.15) is 0 Å². The second-order valence-electron chi connectivity index (χ2n) is 3.97. The fraction of sp³-hybridized carbons (Fsp3) is 0.700. The van der Waals surface area contributed by atoms with Gasteiger partial charge in [-0.2, -0.15) is 4.31 Å². The van der Waals surface area contributed by atoms with Crippen molar-refractivity contribution in [1.29, 1.82) is 0 Å². The first-order chi connectivity index (χ1) is 7.42. The fourth-order valence-corrected chi connectivity index (χ4v) is 2.98. The Labute approximate surface area is 95.8 Å². The molecular weight excluding hydrogens is 230 g/mol. The monoisotopic (exact) mass is 247 g/mol. The molecule has 0 atom stereocenters. The van der Waals surface area contributed by atoms with Crippen molar-refractivity contribution in [1.82, 2.24) is 4.31 Å². The van der Waals surface area contributed by atoms with Crippen molar-refractivity contribution in [3.05, 3.63) is 11.6 Å². The molecule has 0 saturated carbocycles. The molecule has 0 radical (unpaired) electrons. The lowest BCUT2D eigenvalue weighted by atomic mass is 10.1. The molecule has 0 amide bonds. The van der Waals surface area contributed by atoms with Crippen molar-refractivity contribution in [3.8, 4) is 0 Å². The summed E-state index contributed by atoms with van der Waals surface area (Å²) in [5, 5.41) is 8.44. The van der Waals surface area contributed by atoms with E-state index >= 15 is 0 Å². The number of carbonyl (C=O) groups is 1. The normalized spacial score (nSPS) is 18.2. The number of aliphatic carboxylic acids is 1. The minimum absolute atomic E-state index is 0.0772. The summed E-state index contributed by atoms with van der Waals surface area (Å²) in [6.45, 7) is 2.91. The SMILES string of the molecule is CC1=CCN(S(=O)(=O)CCCC(=O)O)CC1. The maximum Gasteiger partial charge on any atom is 0.303 e. The molecule has 1 N–H and O–H groups in total. The molecular formula is C10H17NO4S. The van der Waals surface area contributed by atoms with Crippen LogP contribution in [0.15, 0.2) is 11.6 Å². The molecule has 0 spiro atoms. The molecule has 0 aromatic heterocycles. The van der Waals surface area contributed by atoms with Crippen molar-refractivity contribution in [3.63, 3.8) is 0 Å². The summed E-state index contributed by atoms with van der Waals surface area (Å²) in [7, 11) is -3.28. The maximum atomic E-state index is 11.8. The number of hydrogen-bond acceptors (Lipinski definition) is 3. The quantitative estimate of drug-likeness (QED) is 0.730. The summed E-state index contributed by atoms with van der Waals surface area (Å²) in [5.41, 5.74) is 1.21. The molecule has 92 valence electrons. The Morgan fingerprint density at radius 2 is 2.25 bits per heavy atom. The third-order valence-electron chi connectivity index (χ3n) is 2.59. The summed E-state index contributed by atoms with van der Waals surface area (Å²) in [5.74, 6) is -1.03. The Bertz CT molecular complexity index is 386. The Morgan fingerprint density at radius 3 is 2.75 bits per heavy atom. The van der Waals surface area contributed by atoms with Crippen LogP contribution in [0.25, 0.3) is 0 Å². The molecule has 0 bridgehead atoms. The van der Waals surface area contributed by atoms with Gasteiger partial charge in [-0.15, -0.1) is 0 Å². The van der Waals surface area contributed by atoms with Crippen LogP contribution in [0.2, 0.25) is 0 Å². The topological polar surface area (TPSA) is 74.7 Å². The van der Waals surface area contributed by atoms with Gasteiger partial charge in [0.15, 0.2) is 0 Å². The van der Waals surface area contributed by atoms with E-state index in [-0.39, 0.29) is 18.6 Å². The van der Waals surface area contributed by atoms with Gasteiger partial charge in [0, 0.05) is 19.5 Å². The van der Waals surface area contributed by atoms with E-state index in [1.165, 1.54) is 9.88 Å². The van der Waals surface area contributed by atoms with E-state index in [4.69, 9.17) is 5.11 Å². The molecule has 1 rings (SSSR count). The van der Waals surface area contributed by atoms with Crippen molar-refractivity contribution in [2.75, 3.05) is 18.8 Å². The molecule has 0 saturated heterocycles. The van der Waals surface area contributed by atoms with E-state index in [2.05, 4.69) is 0 Å². The van der Waals surface area contributed by atoms with Gasteiger partial charge < -0.3 is 5.11 Å². The Kier molecular flexibility index (Phi) is 4.49. The third-order valence-corrected chi connectivity index (χ3v) is 4.51. The molecule has 1 aliphatic rings. The largest absolute Gasteiger partial charge is 0.481 e. The molecule has 0 fully saturated rings. The summed E-state index contributed by atoms with van der Waals surface area (Å²) in [6, 6.07) is 0. The summed E-state index contributed by atoms with van der Waals surface area (Å²) < 4.78 is 25.0. The third kappa shape index (κ3) is 3.94. The van der Waals surface area contributed by atoms with Crippen molar-refractivity contribution in [2.45, 2.75) is 26.2 Å². The van der Waals surface area contributed by atoms with Crippen LogP contribution >= 0.6 is 0 Å². The lowest BCUT2D eigenvalue weighted by molar-refractivity contribution is -0.137. The first-order valence-electron chi connectivity index (χ1n) is 5.27. The highest BCUT2D eigenvalue weighted by Gasteiger charge is 2.22. The van der Waals surface area contributed by atoms with E-state index in [0.29, 0.717) is 13.1 Å². The lowest BCUT2D eigenvalue weighted by Gasteiger charge is -2.24. The highest BCUT2D eigenvalue weighted by molar-refractivity contribution is 7.89. The van der Waals surface area contributed by atoms with Crippen LogP contribution in [0.5, 0.6) is 0 Å². The number of carboxylic acid groups (broad SMARTS) is 1. The Hall–Kier alpha value is -0.880. The molecule has 1 heterocycles.